The summed E-state index contributed by atoms with van der Waals surface area (Å²) in [6.45, 7) is 1.69. The lowest BCUT2D eigenvalue weighted by molar-refractivity contribution is -0.384. The van der Waals surface area contributed by atoms with E-state index in [2.05, 4.69) is 5.32 Å². The van der Waals surface area contributed by atoms with Crippen LogP contribution in [0.15, 0.2) is 36.4 Å². The standard InChI is InChI=1S/C14H11ClN2O4/c1-8-6-9(2-5-13(8)18)16-14(19)11-7-10(17(20)21)3-4-12(11)15/h2-7,18H,1H3,(H,16,19). The Morgan fingerprint density at radius 1 is 1.29 bits per heavy atom. The van der Waals surface area contributed by atoms with E-state index in [0.29, 0.717) is 11.3 Å². The van der Waals surface area contributed by atoms with Crippen molar-refractivity contribution in [1.82, 2.24) is 0 Å². The first-order chi connectivity index (χ1) is 9.88. The van der Waals surface area contributed by atoms with E-state index in [1.807, 2.05) is 0 Å². The van der Waals surface area contributed by atoms with Gasteiger partial charge in [-0.2, -0.15) is 0 Å². The first-order valence-electron chi connectivity index (χ1n) is 5.93. The molecule has 2 N–H and O–H groups in total. The number of phenols is 1. The maximum Gasteiger partial charge on any atom is 0.270 e. The molecule has 0 aliphatic carbocycles. The van der Waals surface area contributed by atoms with Crippen LogP contribution in [-0.2, 0) is 0 Å². The second-order valence-corrected chi connectivity index (χ2v) is 4.78. The van der Waals surface area contributed by atoms with Crippen molar-refractivity contribution in [3.8, 4) is 5.75 Å². The Labute approximate surface area is 125 Å². The Balaban J connectivity index is 2.29. The number of aromatic hydroxyl groups is 1. The van der Waals surface area contributed by atoms with Crippen molar-refractivity contribution >= 4 is 28.9 Å². The molecule has 0 aliphatic rings. The number of nitrogens with zero attached hydrogens (tertiary/aromatic N) is 1. The molecule has 0 atom stereocenters. The number of hydrogen-bond acceptors (Lipinski definition) is 4. The minimum absolute atomic E-state index is 0.0107. The van der Waals surface area contributed by atoms with Gasteiger partial charge in [0.15, 0.2) is 0 Å². The monoisotopic (exact) mass is 306 g/mol. The van der Waals surface area contributed by atoms with Crippen LogP contribution in [0.4, 0.5) is 11.4 Å². The van der Waals surface area contributed by atoms with Crippen LogP contribution in [0, 0.1) is 17.0 Å². The molecule has 0 aromatic heterocycles. The number of rotatable bonds is 3. The normalized spacial score (nSPS) is 10.2. The molecular weight excluding hydrogens is 296 g/mol. The third-order valence-electron chi connectivity index (χ3n) is 2.86. The molecule has 1 amide bonds. The van der Waals surface area contributed by atoms with Gasteiger partial charge in [-0.05, 0) is 36.8 Å². The zero-order valence-corrected chi connectivity index (χ0v) is 11.7. The number of anilines is 1. The lowest BCUT2D eigenvalue weighted by Crippen LogP contribution is -2.12. The third kappa shape index (κ3) is 3.29. The number of carbonyl (C=O) groups excluding carboxylic acids is 1. The highest BCUT2D eigenvalue weighted by molar-refractivity contribution is 6.34. The molecule has 0 saturated carbocycles. The molecule has 7 heteroatoms. The predicted octanol–water partition coefficient (Wildman–Crippen LogP) is 3.51. The second kappa shape index (κ2) is 5.80. The van der Waals surface area contributed by atoms with Gasteiger partial charge in [0.25, 0.3) is 11.6 Å². The Morgan fingerprint density at radius 3 is 2.62 bits per heavy atom. The molecule has 21 heavy (non-hydrogen) atoms. The van der Waals surface area contributed by atoms with E-state index in [9.17, 15) is 20.0 Å². The van der Waals surface area contributed by atoms with E-state index in [-0.39, 0.29) is 22.0 Å². The molecular formula is C14H11ClN2O4. The Bertz CT molecular complexity index is 731. The van der Waals surface area contributed by atoms with E-state index < -0.39 is 10.8 Å². The van der Waals surface area contributed by atoms with Crippen molar-refractivity contribution in [3.63, 3.8) is 0 Å². The molecule has 0 spiro atoms. The molecule has 0 aliphatic heterocycles. The number of benzene rings is 2. The molecule has 0 heterocycles. The minimum Gasteiger partial charge on any atom is -0.508 e. The summed E-state index contributed by atoms with van der Waals surface area (Å²) >= 11 is 5.90. The summed E-state index contributed by atoms with van der Waals surface area (Å²) in [5, 5.41) is 22.9. The molecule has 2 rings (SSSR count). The highest BCUT2D eigenvalue weighted by atomic mass is 35.5. The minimum atomic E-state index is -0.599. The number of carbonyl (C=O) groups is 1. The van der Waals surface area contributed by atoms with Gasteiger partial charge in [-0.3, -0.25) is 14.9 Å². The fraction of sp³-hybridized carbons (Fsp3) is 0.0714. The fourth-order valence-electron chi connectivity index (χ4n) is 1.73. The van der Waals surface area contributed by atoms with E-state index in [0.717, 1.165) is 6.07 Å². The maximum absolute atomic E-state index is 12.1. The van der Waals surface area contributed by atoms with Crippen LogP contribution in [-0.4, -0.2) is 15.9 Å². The van der Waals surface area contributed by atoms with E-state index in [4.69, 9.17) is 11.6 Å². The van der Waals surface area contributed by atoms with E-state index in [1.165, 1.54) is 24.3 Å². The van der Waals surface area contributed by atoms with E-state index >= 15 is 0 Å². The molecule has 0 unspecified atom stereocenters. The second-order valence-electron chi connectivity index (χ2n) is 4.38. The predicted molar refractivity (Wildman–Crippen MR) is 78.9 cm³/mol. The van der Waals surface area contributed by atoms with Crippen LogP contribution < -0.4 is 5.32 Å². The Morgan fingerprint density at radius 2 is 2.00 bits per heavy atom. The van der Waals surface area contributed by atoms with Crippen LogP contribution in [0.3, 0.4) is 0 Å². The zero-order chi connectivity index (χ0) is 15.6. The van der Waals surface area contributed by atoms with Gasteiger partial charge in [0.2, 0.25) is 0 Å². The van der Waals surface area contributed by atoms with Gasteiger partial charge in [0, 0.05) is 17.8 Å². The number of non-ortho nitro benzene ring substituents is 1. The number of nitro benzene ring substituents is 1. The van der Waals surface area contributed by atoms with Crippen LogP contribution in [0.5, 0.6) is 5.75 Å². The molecule has 108 valence electrons. The summed E-state index contributed by atoms with van der Waals surface area (Å²) < 4.78 is 0. The number of nitrogens with one attached hydrogen (secondary N) is 1. The summed E-state index contributed by atoms with van der Waals surface area (Å²) in [7, 11) is 0. The van der Waals surface area contributed by atoms with Crippen LogP contribution in [0.2, 0.25) is 5.02 Å². The van der Waals surface area contributed by atoms with Gasteiger partial charge >= 0.3 is 0 Å². The number of halogens is 1. The molecule has 0 radical (unpaired) electrons. The van der Waals surface area contributed by atoms with E-state index in [1.54, 1.807) is 13.0 Å². The molecule has 0 saturated heterocycles. The van der Waals surface area contributed by atoms with Crippen LogP contribution in [0.1, 0.15) is 15.9 Å². The number of hydrogen-bond donors (Lipinski definition) is 2. The summed E-state index contributed by atoms with van der Waals surface area (Å²) in [6.07, 6.45) is 0. The Kier molecular flexibility index (Phi) is 4.09. The summed E-state index contributed by atoms with van der Waals surface area (Å²) in [4.78, 5) is 22.3. The molecule has 6 nitrogen and oxygen atoms in total. The molecule has 0 bridgehead atoms. The van der Waals surface area contributed by atoms with Crippen molar-refractivity contribution in [2.45, 2.75) is 6.92 Å². The quantitative estimate of drug-likeness (QED) is 0.515. The van der Waals surface area contributed by atoms with Crippen molar-refractivity contribution in [3.05, 3.63) is 62.7 Å². The molecule has 2 aromatic carbocycles. The van der Waals surface area contributed by atoms with Gasteiger partial charge < -0.3 is 10.4 Å². The van der Waals surface area contributed by atoms with Gasteiger partial charge in [0.05, 0.1) is 15.5 Å². The SMILES string of the molecule is Cc1cc(NC(=O)c2cc([N+](=O)[O-])ccc2Cl)ccc1O. The third-order valence-corrected chi connectivity index (χ3v) is 3.19. The largest absolute Gasteiger partial charge is 0.508 e. The number of phenolic OH excluding ortho intramolecular Hbond substituents is 1. The fourth-order valence-corrected chi connectivity index (χ4v) is 1.94. The summed E-state index contributed by atoms with van der Waals surface area (Å²) in [5.74, 6) is -0.449. The molecule has 0 fully saturated rings. The number of aryl methyl sites for hydroxylation is 1. The highest BCUT2D eigenvalue weighted by Gasteiger charge is 2.16. The van der Waals surface area contributed by atoms with Crippen molar-refractivity contribution in [1.29, 1.82) is 0 Å². The first kappa shape index (κ1) is 14.8. The van der Waals surface area contributed by atoms with Gasteiger partial charge in [-0.15, -0.1) is 0 Å². The number of amides is 1. The lowest BCUT2D eigenvalue weighted by atomic mass is 10.1. The summed E-state index contributed by atoms with van der Waals surface area (Å²) in [5.41, 5.74) is 0.846. The maximum atomic E-state index is 12.1. The van der Waals surface area contributed by atoms with Gasteiger partial charge in [-0.25, -0.2) is 0 Å². The van der Waals surface area contributed by atoms with Crippen molar-refractivity contribution < 1.29 is 14.8 Å². The van der Waals surface area contributed by atoms with Gasteiger partial charge in [-0.1, -0.05) is 11.6 Å². The topological polar surface area (TPSA) is 92.5 Å². The smallest absolute Gasteiger partial charge is 0.270 e. The highest BCUT2D eigenvalue weighted by Crippen LogP contribution is 2.24. The van der Waals surface area contributed by atoms with Crippen LogP contribution >= 0.6 is 11.6 Å². The number of nitro groups is 1. The Hall–Kier alpha value is -2.60. The average Bonchev–Trinajstić information content (AvgIpc) is 2.43. The lowest BCUT2D eigenvalue weighted by Gasteiger charge is -2.08. The first-order valence-corrected chi connectivity index (χ1v) is 6.31. The molecule has 2 aromatic rings. The van der Waals surface area contributed by atoms with Crippen LogP contribution in [0.25, 0.3) is 0 Å². The van der Waals surface area contributed by atoms with Gasteiger partial charge in [0.1, 0.15) is 5.75 Å². The average molecular weight is 307 g/mol. The van der Waals surface area contributed by atoms with Crippen molar-refractivity contribution in [2.24, 2.45) is 0 Å². The van der Waals surface area contributed by atoms with Crippen molar-refractivity contribution in [2.75, 3.05) is 5.32 Å². The zero-order valence-electron chi connectivity index (χ0n) is 11.0. The summed E-state index contributed by atoms with van der Waals surface area (Å²) in [6, 6.07) is 8.19.